The van der Waals surface area contributed by atoms with Gasteiger partial charge in [0.2, 0.25) is 0 Å². The monoisotopic (exact) mass is 513 g/mol. The van der Waals surface area contributed by atoms with Crippen LogP contribution in [0.25, 0.3) is 10.6 Å². The molecule has 1 aromatic heterocycles. The number of hydrazone groups is 1. The minimum absolute atomic E-state index is 0.147. The molecule has 174 valence electrons. The second-order valence-corrected chi connectivity index (χ2v) is 11.1. The Labute approximate surface area is 202 Å². The van der Waals surface area contributed by atoms with E-state index in [1.807, 2.05) is 36.2 Å². The molecule has 12 heteroatoms. The van der Waals surface area contributed by atoms with Gasteiger partial charge in [-0.3, -0.25) is 9.59 Å². The maximum Gasteiger partial charge on any atom is 0.283 e. The van der Waals surface area contributed by atoms with Crippen molar-refractivity contribution < 1.29 is 17.8 Å². The molecule has 0 saturated heterocycles. The number of benzene rings is 2. The zero-order chi connectivity index (χ0) is 24.4. The Morgan fingerprint density at radius 1 is 1.03 bits per heavy atom. The fraction of sp³-hybridized carbons (Fsp3) is 0.136. The highest BCUT2D eigenvalue weighted by Gasteiger charge is 2.32. The number of nitrogens with zero attached hydrogens (tertiary/aromatic N) is 4. The Balaban J connectivity index is 1.66. The lowest BCUT2D eigenvalue weighted by Gasteiger charge is -2.14. The van der Waals surface area contributed by atoms with Crippen LogP contribution in [0.2, 0.25) is 0 Å². The van der Waals surface area contributed by atoms with Crippen LogP contribution in [-0.4, -0.2) is 36.2 Å². The summed E-state index contributed by atoms with van der Waals surface area (Å²) in [6.45, 7) is 1.64. The summed E-state index contributed by atoms with van der Waals surface area (Å²) in [7, 11) is -1.20. The van der Waals surface area contributed by atoms with Crippen molar-refractivity contribution in [3.8, 4) is 0 Å². The van der Waals surface area contributed by atoms with Gasteiger partial charge in [0.25, 0.3) is 11.5 Å². The van der Waals surface area contributed by atoms with E-state index < -0.39 is 20.9 Å². The number of hydrogen-bond donors (Lipinski definition) is 0. The molecule has 0 saturated carbocycles. The van der Waals surface area contributed by atoms with Crippen molar-refractivity contribution in [1.29, 1.82) is 0 Å². The topological polar surface area (TPSA) is 115 Å². The maximum absolute atomic E-state index is 13.3. The van der Waals surface area contributed by atoms with Gasteiger partial charge in [0.05, 0.1) is 27.6 Å². The summed E-state index contributed by atoms with van der Waals surface area (Å²) < 4.78 is 36.6. The van der Waals surface area contributed by atoms with E-state index in [0.717, 1.165) is 32.8 Å². The predicted octanol–water partition coefficient (Wildman–Crippen LogP) is 1.23. The van der Waals surface area contributed by atoms with E-state index in [1.165, 1.54) is 39.8 Å². The minimum atomic E-state index is -4.69. The van der Waals surface area contributed by atoms with Crippen molar-refractivity contribution in [2.24, 2.45) is 12.1 Å². The third kappa shape index (κ3) is 3.50. The molecule has 0 aliphatic carbocycles. The van der Waals surface area contributed by atoms with Crippen molar-refractivity contribution in [2.45, 2.75) is 16.7 Å². The van der Waals surface area contributed by atoms with Crippen LogP contribution in [-0.2, 0) is 22.0 Å². The molecule has 3 aromatic rings. The van der Waals surface area contributed by atoms with Gasteiger partial charge in [0, 0.05) is 19.0 Å². The molecule has 2 aliphatic heterocycles. The first-order valence-corrected chi connectivity index (χ1v) is 13.0. The standard InChI is InChI=1S/C22H18N4O5S3/c1-12-17(19(27)26(23-12)13-7-6-8-14(11-13)34(29,30)31)21-25(3)20(28)18(33-21)22-24(2)15-9-4-5-10-16(15)32-22/h4-11H,1-3H3,(H,29,30,31)/p-1. The van der Waals surface area contributed by atoms with Gasteiger partial charge in [-0.2, -0.15) is 10.1 Å². The summed E-state index contributed by atoms with van der Waals surface area (Å²) in [5, 5.41) is 6.11. The van der Waals surface area contributed by atoms with Gasteiger partial charge in [0.15, 0.2) is 0 Å². The van der Waals surface area contributed by atoms with Crippen LogP contribution in [0.15, 0.2) is 68.2 Å². The molecular weight excluding hydrogens is 496 g/mol. The molecule has 2 aliphatic rings. The summed E-state index contributed by atoms with van der Waals surface area (Å²) in [5.74, 6) is -0.512. The Hall–Kier alpha value is -3.19. The van der Waals surface area contributed by atoms with Gasteiger partial charge < -0.3 is 14.0 Å². The van der Waals surface area contributed by atoms with Gasteiger partial charge >= 0.3 is 0 Å². The maximum atomic E-state index is 13.3. The molecule has 5 rings (SSSR count). The molecule has 0 spiro atoms. The smallest absolute Gasteiger partial charge is 0.283 e. The highest BCUT2D eigenvalue weighted by Crippen LogP contribution is 2.44. The number of anilines is 2. The van der Waals surface area contributed by atoms with Crippen LogP contribution in [0.4, 0.5) is 11.4 Å². The van der Waals surface area contributed by atoms with E-state index in [2.05, 4.69) is 5.10 Å². The molecule has 34 heavy (non-hydrogen) atoms. The average Bonchev–Trinajstić information content (AvgIpc) is 3.39. The van der Waals surface area contributed by atoms with E-state index in [9.17, 15) is 22.6 Å². The lowest BCUT2D eigenvalue weighted by Crippen LogP contribution is -2.33. The number of carbonyl (C=O) groups excluding carboxylic acids is 1. The molecule has 0 unspecified atom stereocenters. The number of fused-ring (bicyclic) bond motifs is 1. The Bertz CT molecular complexity index is 1700. The summed E-state index contributed by atoms with van der Waals surface area (Å²) in [4.78, 5) is 29.1. The first-order chi connectivity index (χ1) is 16.1. The lowest BCUT2D eigenvalue weighted by atomic mass is 10.2. The third-order valence-corrected chi connectivity index (χ3v) is 8.96. The summed E-state index contributed by atoms with van der Waals surface area (Å²) in [6.07, 6.45) is 0. The normalized spacial score (nSPS) is 19.1. The van der Waals surface area contributed by atoms with Crippen LogP contribution in [0, 0.1) is 0 Å². The summed E-state index contributed by atoms with van der Waals surface area (Å²) in [5.41, 5.74) is 1.54. The van der Waals surface area contributed by atoms with Crippen molar-refractivity contribution >= 4 is 66.8 Å². The van der Waals surface area contributed by atoms with Crippen LogP contribution in [0.5, 0.6) is 0 Å². The molecule has 0 atom stereocenters. The fourth-order valence-electron chi connectivity index (χ4n) is 3.81. The number of aromatic nitrogens is 1. The Kier molecular flexibility index (Phi) is 5.28. The predicted molar refractivity (Wildman–Crippen MR) is 131 cm³/mol. The van der Waals surface area contributed by atoms with E-state index in [0.29, 0.717) is 14.9 Å². The molecule has 0 bridgehead atoms. The quantitative estimate of drug-likeness (QED) is 0.474. The van der Waals surface area contributed by atoms with Crippen LogP contribution >= 0.6 is 23.1 Å². The van der Waals surface area contributed by atoms with E-state index in [1.54, 1.807) is 14.0 Å². The number of para-hydroxylation sites is 1. The van der Waals surface area contributed by atoms with Gasteiger partial charge in [-0.15, -0.1) is 11.3 Å². The van der Waals surface area contributed by atoms with Crippen LogP contribution in [0.1, 0.15) is 6.92 Å². The van der Waals surface area contributed by atoms with Crippen molar-refractivity contribution in [3.05, 3.63) is 68.1 Å². The second-order valence-electron chi connectivity index (χ2n) is 7.66. The Morgan fingerprint density at radius 2 is 1.76 bits per heavy atom. The highest BCUT2D eigenvalue weighted by molar-refractivity contribution is 8.08. The molecular formula is C22H17N4O5S3-. The van der Waals surface area contributed by atoms with E-state index in [4.69, 9.17) is 0 Å². The molecule has 1 amide bonds. The van der Waals surface area contributed by atoms with E-state index >= 15 is 0 Å². The zero-order valence-corrected chi connectivity index (χ0v) is 20.6. The highest BCUT2D eigenvalue weighted by atomic mass is 32.2. The average molecular weight is 514 g/mol. The van der Waals surface area contributed by atoms with E-state index in [-0.39, 0.29) is 16.8 Å². The van der Waals surface area contributed by atoms with Crippen LogP contribution in [0.3, 0.4) is 0 Å². The lowest BCUT2D eigenvalue weighted by molar-refractivity contribution is -0.112. The molecule has 0 radical (unpaired) electrons. The number of carbonyl (C=O) groups is 1. The molecule has 0 N–H and O–H groups in total. The SMILES string of the molecule is CC1=NN(c2cccc(S(=O)(=O)[O-])c2)C(=O)C1=c1sc(=C2Sc3ccccc3N2C)c(=O)n1C. The third-order valence-electron chi connectivity index (χ3n) is 5.52. The number of amides is 1. The van der Waals surface area contributed by atoms with Crippen molar-refractivity contribution in [3.63, 3.8) is 0 Å². The zero-order valence-electron chi connectivity index (χ0n) is 18.2. The number of thioether (sulfide) groups is 1. The second kappa shape index (κ2) is 7.94. The van der Waals surface area contributed by atoms with Gasteiger partial charge in [0.1, 0.15) is 24.3 Å². The molecule has 9 nitrogen and oxygen atoms in total. The van der Waals surface area contributed by atoms with Gasteiger partial charge in [-0.05, 0) is 37.3 Å². The van der Waals surface area contributed by atoms with Crippen molar-refractivity contribution in [2.75, 3.05) is 17.0 Å². The number of thiazole rings is 1. The first-order valence-electron chi connectivity index (χ1n) is 9.99. The number of hydrogen-bond acceptors (Lipinski definition) is 9. The molecule has 0 fully saturated rings. The van der Waals surface area contributed by atoms with Crippen molar-refractivity contribution in [1.82, 2.24) is 4.57 Å². The van der Waals surface area contributed by atoms with Crippen LogP contribution < -0.4 is 24.7 Å². The minimum Gasteiger partial charge on any atom is -0.744 e. The summed E-state index contributed by atoms with van der Waals surface area (Å²) >= 11 is 2.70. The largest absolute Gasteiger partial charge is 0.744 e. The fourth-order valence-corrected chi connectivity index (χ4v) is 6.85. The molecule has 3 heterocycles. The van der Waals surface area contributed by atoms with Gasteiger partial charge in [-0.25, -0.2) is 8.42 Å². The summed E-state index contributed by atoms with van der Waals surface area (Å²) in [6, 6.07) is 13.0. The molecule has 2 aromatic carbocycles. The van der Waals surface area contributed by atoms with Gasteiger partial charge in [-0.1, -0.05) is 30.0 Å². The number of rotatable bonds is 2. The Morgan fingerprint density at radius 3 is 2.47 bits per heavy atom. The first kappa shape index (κ1) is 22.6.